The Labute approximate surface area is 143 Å². The van der Waals surface area contributed by atoms with Crippen LogP contribution in [0.2, 0.25) is 5.02 Å². The van der Waals surface area contributed by atoms with Crippen molar-refractivity contribution in [3.8, 4) is 5.75 Å². The molecule has 7 heteroatoms. The summed E-state index contributed by atoms with van der Waals surface area (Å²) >= 11 is 7.56. The number of nitrogens with two attached hydrogens (primary N) is 1. The normalized spacial score (nSPS) is 16.7. The van der Waals surface area contributed by atoms with Gasteiger partial charge >= 0.3 is 0 Å². The van der Waals surface area contributed by atoms with Crippen molar-refractivity contribution in [1.29, 1.82) is 0 Å². The second-order valence-corrected chi connectivity index (χ2v) is 7.26. The highest BCUT2D eigenvalue weighted by atomic mass is 35.5. The molecule has 0 spiro atoms. The summed E-state index contributed by atoms with van der Waals surface area (Å²) in [5.41, 5.74) is 7.56. The van der Waals surface area contributed by atoms with Crippen molar-refractivity contribution >= 4 is 39.7 Å². The molecule has 0 bridgehead atoms. The van der Waals surface area contributed by atoms with Gasteiger partial charge in [0.05, 0.1) is 29.1 Å². The molecule has 3 rings (SSSR count). The van der Waals surface area contributed by atoms with E-state index in [1.807, 2.05) is 0 Å². The number of hydrogen-bond acceptors (Lipinski definition) is 5. The molecular formula is C16H18ClN3O2S. The first-order chi connectivity index (χ1) is 11.0. The molecule has 1 atom stereocenters. The maximum atomic E-state index is 12.5. The molecule has 1 aromatic heterocycles. The Morgan fingerprint density at radius 3 is 3.04 bits per heavy atom. The lowest BCUT2D eigenvalue weighted by Crippen LogP contribution is -2.13. The van der Waals surface area contributed by atoms with Gasteiger partial charge in [0, 0.05) is 10.9 Å². The Morgan fingerprint density at radius 2 is 2.30 bits per heavy atom. The van der Waals surface area contributed by atoms with Gasteiger partial charge in [0.25, 0.3) is 5.91 Å². The number of aryl methyl sites for hydroxylation is 1. The first kappa shape index (κ1) is 16.1. The standard InChI is InChI=1S/C16H18ClN3O2S/c1-8-3-4-12-14(5-8)23-16(19-12)20-15(21)9-6-10(17)11(18)7-13(9)22-2/h6-8H,3-5,18H2,1-2H3,(H,19,20,21). The summed E-state index contributed by atoms with van der Waals surface area (Å²) in [6, 6.07) is 3.06. The van der Waals surface area contributed by atoms with Gasteiger partial charge in [-0.3, -0.25) is 10.1 Å². The van der Waals surface area contributed by atoms with Gasteiger partial charge in [0.2, 0.25) is 0 Å². The van der Waals surface area contributed by atoms with Crippen molar-refractivity contribution in [2.45, 2.75) is 26.2 Å². The Kier molecular flexibility index (Phi) is 4.46. The van der Waals surface area contributed by atoms with Crippen molar-refractivity contribution in [2.75, 3.05) is 18.2 Å². The average Bonchev–Trinajstić information content (AvgIpc) is 2.90. The van der Waals surface area contributed by atoms with Crippen LogP contribution >= 0.6 is 22.9 Å². The van der Waals surface area contributed by atoms with E-state index in [4.69, 9.17) is 22.1 Å². The zero-order valence-corrected chi connectivity index (χ0v) is 14.6. The molecule has 0 fully saturated rings. The number of carbonyl (C=O) groups excluding carboxylic acids is 1. The summed E-state index contributed by atoms with van der Waals surface area (Å²) in [4.78, 5) is 18.3. The first-order valence-corrected chi connectivity index (χ1v) is 8.60. The summed E-state index contributed by atoms with van der Waals surface area (Å²) in [7, 11) is 1.49. The topological polar surface area (TPSA) is 77.2 Å². The summed E-state index contributed by atoms with van der Waals surface area (Å²) in [6.07, 6.45) is 3.14. The Hall–Kier alpha value is -1.79. The van der Waals surface area contributed by atoms with Gasteiger partial charge in [-0.05, 0) is 31.2 Å². The molecule has 0 radical (unpaired) electrons. The van der Waals surface area contributed by atoms with Gasteiger partial charge in [-0.1, -0.05) is 18.5 Å². The van der Waals surface area contributed by atoms with E-state index in [1.165, 1.54) is 18.1 Å². The fourth-order valence-corrected chi connectivity index (χ4v) is 4.00. The molecule has 2 aromatic rings. The van der Waals surface area contributed by atoms with E-state index in [9.17, 15) is 4.79 Å². The molecule has 3 N–H and O–H groups in total. The highest BCUT2D eigenvalue weighted by molar-refractivity contribution is 7.15. The van der Waals surface area contributed by atoms with E-state index in [2.05, 4.69) is 17.2 Å². The second-order valence-electron chi connectivity index (χ2n) is 5.76. The molecule has 1 unspecified atom stereocenters. The Morgan fingerprint density at radius 1 is 1.52 bits per heavy atom. The molecule has 1 aromatic carbocycles. The number of ether oxygens (including phenoxy) is 1. The van der Waals surface area contributed by atoms with Gasteiger partial charge in [0.1, 0.15) is 5.75 Å². The minimum Gasteiger partial charge on any atom is -0.496 e. The first-order valence-electron chi connectivity index (χ1n) is 7.41. The molecule has 1 heterocycles. The largest absolute Gasteiger partial charge is 0.496 e. The summed E-state index contributed by atoms with van der Waals surface area (Å²) < 4.78 is 5.22. The number of aromatic nitrogens is 1. The molecule has 5 nitrogen and oxygen atoms in total. The third-order valence-electron chi connectivity index (χ3n) is 3.97. The quantitative estimate of drug-likeness (QED) is 0.825. The minimum atomic E-state index is -0.303. The fourth-order valence-electron chi connectivity index (χ4n) is 2.67. The fraction of sp³-hybridized carbons (Fsp3) is 0.375. The molecule has 0 saturated carbocycles. The van der Waals surface area contributed by atoms with E-state index in [-0.39, 0.29) is 5.91 Å². The highest BCUT2D eigenvalue weighted by Crippen LogP contribution is 2.33. The SMILES string of the molecule is COc1cc(N)c(Cl)cc1C(=O)Nc1nc2c(s1)CC(C)CC2. The lowest BCUT2D eigenvalue weighted by molar-refractivity contribution is 0.102. The second kappa shape index (κ2) is 6.37. The van der Waals surface area contributed by atoms with Crippen molar-refractivity contribution in [1.82, 2.24) is 4.98 Å². The van der Waals surface area contributed by atoms with Crippen LogP contribution in [0.1, 0.15) is 34.3 Å². The van der Waals surface area contributed by atoms with Crippen LogP contribution in [0.15, 0.2) is 12.1 Å². The van der Waals surface area contributed by atoms with Crippen LogP contribution < -0.4 is 15.8 Å². The summed E-state index contributed by atoms with van der Waals surface area (Å²) in [5.74, 6) is 0.754. The van der Waals surface area contributed by atoms with E-state index < -0.39 is 0 Å². The maximum absolute atomic E-state index is 12.5. The number of nitrogens with zero attached hydrogens (tertiary/aromatic N) is 1. The lowest BCUT2D eigenvalue weighted by atomic mass is 9.93. The van der Waals surface area contributed by atoms with Crippen molar-refractivity contribution in [2.24, 2.45) is 5.92 Å². The van der Waals surface area contributed by atoms with Crippen molar-refractivity contribution in [3.05, 3.63) is 33.3 Å². The smallest absolute Gasteiger partial charge is 0.261 e. The Bertz CT molecular complexity index is 760. The number of anilines is 2. The number of rotatable bonds is 3. The van der Waals surface area contributed by atoms with Crippen LogP contribution in [-0.4, -0.2) is 18.0 Å². The number of nitrogens with one attached hydrogen (secondary N) is 1. The van der Waals surface area contributed by atoms with Gasteiger partial charge in [-0.2, -0.15) is 0 Å². The molecule has 23 heavy (non-hydrogen) atoms. The van der Waals surface area contributed by atoms with E-state index in [1.54, 1.807) is 17.4 Å². The van der Waals surface area contributed by atoms with Gasteiger partial charge < -0.3 is 10.5 Å². The molecule has 0 saturated heterocycles. The van der Waals surface area contributed by atoms with Gasteiger partial charge in [-0.25, -0.2) is 4.98 Å². The lowest BCUT2D eigenvalue weighted by Gasteiger charge is -2.15. The van der Waals surface area contributed by atoms with Crippen LogP contribution in [0.3, 0.4) is 0 Å². The number of benzene rings is 1. The monoisotopic (exact) mass is 351 g/mol. The number of hydrogen-bond donors (Lipinski definition) is 2. The highest BCUT2D eigenvalue weighted by Gasteiger charge is 2.22. The van der Waals surface area contributed by atoms with E-state index in [0.29, 0.717) is 33.1 Å². The number of fused-ring (bicyclic) bond motifs is 1. The van der Waals surface area contributed by atoms with Crippen molar-refractivity contribution in [3.63, 3.8) is 0 Å². The van der Waals surface area contributed by atoms with Gasteiger partial charge in [-0.15, -0.1) is 11.3 Å². The van der Waals surface area contributed by atoms with Crippen LogP contribution in [0, 0.1) is 5.92 Å². The van der Waals surface area contributed by atoms with Crippen LogP contribution in [0.5, 0.6) is 5.75 Å². The molecule has 1 amide bonds. The molecule has 1 aliphatic carbocycles. The van der Waals surface area contributed by atoms with Crippen molar-refractivity contribution < 1.29 is 9.53 Å². The molecule has 1 aliphatic rings. The summed E-state index contributed by atoms with van der Waals surface area (Å²) in [5, 5.41) is 3.78. The zero-order valence-electron chi connectivity index (χ0n) is 13.0. The Balaban J connectivity index is 1.84. The minimum absolute atomic E-state index is 0.303. The summed E-state index contributed by atoms with van der Waals surface area (Å²) in [6.45, 7) is 2.24. The molecular weight excluding hydrogens is 334 g/mol. The average molecular weight is 352 g/mol. The maximum Gasteiger partial charge on any atom is 0.261 e. The molecule has 0 aliphatic heterocycles. The third kappa shape index (κ3) is 3.28. The number of methoxy groups -OCH3 is 1. The van der Waals surface area contributed by atoms with E-state index in [0.717, 1.165) is 25.0 Å². The van der Waals surface area contributed by atoms with Gasteiger partial charge in [0.15, 0.2) is 5.13 Å². The predicted octanol–water partition coefficient (Wildman–Crippen LogP) is 3.76. The number of nitrogen functional groups attached to an aromatic ring is 1. The van der Waals surface area contributed by atoms with E-state index >= 15 is 0 Å². The van der Waals surface area contributed by atoms with Crippen LogP contribution in [-0.2, 0) is 12.8 Å². The van der Waals surface area contributed by atoms with Crippen LogP contribution in [0.4, 0.5) is 10.8 Å². The predicted molar refractivity (Wildman–Crippen MR) is 93.7 cm³/mol. The zero-order chi connectivity index (χ0) is 16.6. The molecule has 122 valence electrons. The number of thiazole rings is 1. The number of halogens is 1. The number of amides is 1. The number of carbonyl (C=O) groups is 1. The third-order valence-corrected chi connectivity index (χ3v) is 5.33. The van der Waals surface area contributed by atoms with Crippen LogP contribution in [0.25, 0.3) is 0 Å².